The van der Waals surface area contributed by atoms with Gasteiger partial charge in [0, 0.05) is 11.7 Å². The van der Waals surface area contributed by atoms with E-state index in [1.165, 1.54) is 11.1 Å². The Kier molecular flexibility index (Phi) is 6.21. The lowest BCUT2D eigenvalue weighted by molar-refractivity contribution is -0.115. The summed E-state index contributed by atoms with van der Waals surface area (Å²) in [5, 5.41) is 6.25. The average Bonchev–Trinajstić information content (AvgIpc) is 2.36. The van der Waals surface area contributed by atoms with E-state index in [1.54, 1.807) is 0 Å². The maximum absolute atomic E-state index is 12.1. The molecule has 1 rings (SSSR count). The van der Waals surface area contributed by atoms with Crippen LogP contribution in [0.1, 0.15) is 64.5 Å². The first-order valence-corrected chi connectivity index (χ1v) is 7.49. The van der Waals surface area contributed by atoms with Gasteiger partial charge in [-0.2, -0.15) is 0 Å². The molecule has 0 aliphatic heterocycles. The molecule has 0 aromatic heterocycles. The molecule has 3 nitrogen and oxygen atoms in total. The number of carbonyl (C=O) groups excluding carboxylic acids is 1. The number of hydrogen-bond donors (Lipinski definition) is 2. The summed E-state index contributed by atoms with van der Waals surface area (Å²) in [6.45, 7) is 13.0. The smallest absolute Gasteiger partial charge is 0.238 e. The molecule has 1 aromatic carbocycles. The van der Waals surface area contributed by atoms with Crippen LogP contribution in [0.3, 0.4) is 0 Å². The van der Waals surface area contributed by atoms with Gasteiger partial charge in [-0.05, 0) is 23.0 Å². The molecule has 0 saturated carbocycles. The van der Waals surface area contributed by atoms with Crippen LogP contribution < -0.4 is 10.6 Å². The highest BCUT2D eigenvalue weighted by Crippen LogP contribution is 2.32. The van der Waals surface area contributed by atoms with E-state index in [-0.39, 0.29) is 5.91 Å². The summed E-state index contributed by atoms with van der Waals surface area (Å²) < 4.78 is 0. The first kappa shape index (κ1) is 16.7. The van der Waals surface area contributed by atoms with Gasteiger partial charge in [0.15, 0.2) is 0 Å². The number of carbonyl (C=O) groups is 1. The summed E-state index contributed by atoms with van der Waals surface area (Å²) in [7, 11) is 0. The van der Waals surface area contributed by atoms with Crippen molar-refractivity contribution in [2.75, 3.05) is 11.9 Å². The molecule has 1 aromatic rings. The molecule has 0 aliphatic rings. The van der Waals surface area contributed by atoms with Gasteiger partial charge >= 0.3 is 0 Å². The van der Waals surface area contributed by atoms with Crippen LogP contribution in [0.25, 0.3) is 0 Å². The minimum absolute atomic E-state index is 0.0219. The number of nitrogens with one attached hydrogen (secondary N) is 2. The maximum Gasteiger partial charge on any atom is 0.238 e. The molecular weight excluding hydrogens is 248 g/mol. The Morgan fingerprint density at radius 2 is 1.50 bits per heavy atom. The summed E-state index contributed by atoms with van der Waals surface area (Å²) in [5.41, 5.74) is 3.40. The molecule has 0 saturated heterocycles. The Morgan fingerprint density at radius 1 is 1.00 bits per heavy atom. The number of anilines is 1. The molecule has 112 valence electrons. The Labute approximate surface area is 123 Å². The fourth-order valence-corrected chi connectivity index (χ4v) is 2.18. The van der Waals surface area contributed by atoms with Gasteiger partial charge in [-0.15, -0.1) is 0 Å². The zero-order chi connectivity index (χ0) is 15.3. The fourth-order valence-electron chi connectivity index (χ4n) is 2.18. The second-order valence-electron chi connectivity index (χ2n) is 6.20. The Bertz CT molecular complexity index is 424. The summed E-state index contributed by atoms with van der Waals surface area (Å²) >= 11 is 0. The average molecular weight is 276 g/mol. The van der Waals surface area contributed by atoms with Gasteiger partial charge in [-0.25, -0.2) is 0 Å². The van der Waals surface area contributed by atoms with Gasteiger partial charge in [0.25, 0.3) is 0 Å². The minimum atomic E-state index is 0.0219. The van der Waals surface area contributed by atoms with Gasteiger partial charge in [0.05, 0.1) is 6.54 Å². The highest BCUT2D eigenvalue weighted by molar-refractivity contribution is 5.94. The normalized spacial score (nSPS) is 11.4. The quantitative estimate of drug-likeness (QED) is 0.828. The van der Waals surface area contributed by atoms with Gasteiger partial charge in [-0.3, -0.25) is 4.79 Å². The van der Waals surface area contributed by atoms with Crippen molar-refractivity contribution in [3.05, 3.63) is 29.3 Å². The molecule has 0 fully saturated rings. The van der Waals surface area contributed by atoms with E-state index >= 15 is 0 Å². The molecule has 0 spiro atoms. The van der Waals surface area contributed by atoms with E-state index in [9.17, 15) is 4.79 Å². The van der Waals surface area contributed by atoms with Crippen molar-refractivity contribution in [3.63, 3.8) is 0 Å². The Morgan fingerprint density at radius 3 is 1.90 bits per heavy atom. The first-order valence-electron chi connectivity index (χ1n) is 7.49. The third-order valence-electron chi connectivity index (χ3n) is 3.31. The molecule has 0 unspecified atom stereocenters. The van der Waals surface area contributed by atoms with Gasteiger partial charge in [0.2, 0.25) is 5.91 Å². The van der Waals surface area contributed by atoms with E-state index < -0.39 is 0 Å². The summed E-state index contributed by atoms with van der Waals surface area (Å²) in [6.07, 6.45) is 0. The Hall–Kier alpha value is -1.35. The SMILES string of the molecule is CC(C)NCC(=O)Nc1c(C(C)C)cccc1C(C)C. The van der Waals surface area contributed by atoms with Crippen molar-refractivity contribution in [2.45, 2.75) is 59.4 Å². The summed E-state index contributed by atoms with van der Waals surface area (Å²) in [6, 6.07) is 6.59. The van der Waals surface area contributed by atoms with Gasteiger partial charge in [0.1, 0.15) is 0 Å². The van der Waals surface area contributed by atoms with Crippen LogP contribution in [-0.4, -0.2) is 18.5 Å². The van der Waals surface area contributed by atoms with Crippen molar-refractivity contribution < 1.29 is 4.79 Å². The van der Waals surface area contributed by atoms with Crippen LogP contribution in [0.15, 0.2) is 18.2 Å². The maximum atomic E-state index is 12.1. The lowest BCUT2D eigenvalue weighted by Crippen LogP contribution is -2.33. The highest BCUT2D eigenvalue weighted by Gasteiger charge is 2.15. The third-order valence-corrected chi connectivity index (χ3v) is 3.31. The lowest BCUT2D eigenvalue weighted by Gasteiger charge is -2.20. The molecule has 0 bridgehead atoms. The molecule has 0 radical (unpaired) electrons. The third kappa shape index (κ3) is 4.64. The van der Waals surface area contributed by atoms with E-state index in [2.05, 4.69) is 56.5 Å². The molecule has 20 heavy (non-hydrogen) atoms. The number of benzene rings is 1. The summed E-state index contributed by atoms with van der Waals surface area (Å²) in [4.78, 5) is 12.1. The first-order chi connectivity index (χ1) is 9.32. The molecule has 3 heteroatoms. The van der Waals surface area contributed by atoms with Crippen LogP contribution in [-0.2, 0) is 4.79 Å². The van der Waals surface area contributed by atoms with E-state index in [0.29, 0.717) is 24.4 Å². The number of amides is 1. The zero-order valence-electron chi connectivity index (χ0n) is 13.6. The number of para-hydroxylation sites is 1. The highest BCUT2D eigenvalue weighted by atomic mass is 16.1. The van der Waals surface area contributed by atoms with Crippen LogP contribution >= 0.6 is 0 Å². The molecule has 2 N–H and O–H groups in total. The monoisotopic (exact) mass is 276 g/mol. The van der Waals surface area contributed by atoms with E-state index in [1.807, 2.05) is 13.8 Å². The minimum Gasteiger partial charge on any atom is -0.324 e. The van der Waals surface area contributed by atoms with Crippen molar-refractivity contribution in [3.8, 4) is 0 Å². The predicted molar refractivity (Wildman–Crippen MR) is 86.4 cm³/mol. The lowest BCUT2D eigenvalue weighted by atomic mass is 9.92. The number of hydrogen-bond acceptors (Lipinski definition) is 2. The van der Waals surface area contributed by atoms with Crippen molar-refractivity contribution in [1.29, 1.82) is 0 Å². The molecule has 1 amide bonds. The van der Waals surface area contributed by atoms with Crippen LogP contribution in [0.4, 0.5) is 5.69 Å². The second kappa shape index (κ2) is 7.44. The molecule has 0 atom stereocenters. The molecule has 0 heterocycles. The largest absolute Gasteiger partial charge is 0.324 e. The standard InChI is InChI=1S/C17H28N2O/c1-11(2)14-8-7-9-15(12(3)4)17(14)19-16(20)10-18-13(5)6/h7-9,11-13,18H,10H2,1-6H3,(H,19,20). The molecular formula is C17H28N2O. The van der Waals surface area contributed by atoms with Crippen LogP contribution in [0.5, 0.6) is 0 Å². The Balaban J connectivity index is 2.99. The second-order valence-corrected chi connectivity index (χ2v) is 6.20. The van der Waals surface area contributed by atoms with Crippen LogP contribution in [0.2, 0.25) is 0 Å². The van der Waals surface area contributed by atoms with Gasteiger partial charge < -0.3 is 10.6 Å². The predicted octanol–water partition coefficient (Wildman–Crippen LogP) is 3.87. The van der Waals surface area contributed by atoms with Gasteiger partial charge in [-0.1, -0.05) is 59.7 Å². The number of rotatable bonds is 6. The zero-order valence-corrected chi connectivity index (χ0v) is 13.6. The van der Waals surface area contributed by atoms with Crippen molar-refractivity contribution in [2.24, 2.45) is 0 Å². The molecule has 0 aliphatic carbocycles. The van der Waals surface area contributed by atoms with Crippen molar-refractivity contribution >= 4 is 11.6 Å². The fraction of sp³-hybridized carbons (Fsp3) is 0.588. The van der Waals surface area contributed by atoms with Crippen LogP contribution in [0, 0.1) is 0 Å². The topological polar surface area (TPSA) is 41.1 Å². The van der Waals surface area contributed by atoms with Crippen molar-refractivity contribution in [1.82, 2.24) is 5.32 Å². The summed E-state index contributed by atoms with van der Waals surface area (Å²) in [5.74, 6) is 0.804. The van der Waals surface area contributed by atoms with E-state index in [0.717, 1.165) is 5.69 Å². The van der Waals surface area contributed by atoms with E-state index in [4.69, 9.17) is 0 Å².